The molecular weight excluding hydrogens is 561 g/mol. The molecule has 3 rings (SSSR count). The molecule has 37 heavy (non-hydrogen) atoms. The highest BCUT2D eigenvalue weighted by molar-refractivity contribution is 9.10. The van der Waals surface area contributed by atoms with E-state index in [0.29, 0.717) is 22.3 Å². The Bertz CT molecular complexity index is 1320. The fraction of sp³-hybridized carbons (Fsp3) is 0.259. The SMILES string of the molecule is CCNC(=O)[C@H](Cc1ccccc1)N(Cc1ccc(F)cc1)C(=O)CN(c1ccccc1Br)S(C)(=O)=O. The first-order chi connectivity index (χ1) is 17.6. The zero-order chi connectivity index (χ0) is 27.0. The number of hydrogen-bond donors (Lipinski definition) is 1. The molecule has 0 saturated carbocycles. The number of nitrogens with one attached hydrogen (secondary N) is 1. The number of benzene rings is 3. The van der Waals surface area contributed by atoms with Gasteiger partial charge in [0.1, 0.15) is 18.4 Å². The quantitative estimate of drug-likeness (QED) is 0.364. The molecule has 3 aromatic carbocycles. The number of nitrogens with zero attached hydrogens (tertiary/aromatic N) is 2. The molecule has 0 radical (unpaired) electrons. The summed E-state index contributed by atoms with van der Waals surface area (Å²) in [5.74, 6) is -1.37. The molecule has 7 nitrogen and oxygen atoms in total. The van der Waals surface area contributed by atoms with Crippen molar-refractivity contribution in [2.75, 3.05) is 23.7 Å². The molecule has 0 spiro atoms. The molecule has 0 fully saturated rings. The molecular formula is C27H29BrFN3O4S. The molecule has 0 bridgehead atoms. The average molecular weight is 591 g/mol. The van der Waals surface area contributed by atoms with Crippen LogP contribution in [-0.4, -0.2) is 50.5 Å². The number of rotatable bonds is 11. The molecule has 1 N–H and O–H groups in total. The lowest BCUT2D eigenvalue weighted by Gasteiger charge is -2.33. The minimum atomic E-state index is -3.86. The van der Waals surface area contributed by atoms with Crippen LogP contribution in [0.1, 0.15) is 18.1 Å². The van der Waals surface area contributed by atoms with Crippen LogP contribution in [0.15, 0.2) is 83.3 Å². The smallest absolute Gasteiger partial charge is 0.244 e. The summed E-state index contributed by atoms with van der Waals surface area (Å²) < 4.78 is 40.6. The van der Waals surface area contributed by atoms with Crippen LogP contribution in [0.25, 0.3) is 0 Å². The first-order valence-corrected chi connectivity index (χ1v) is 14.3. The van der Waals surface area contributed by atoms with Crippen LogP contribution in [0.2, 0.25) is 0 Å². The second kappa shape index (κ2) is 12.8. The summed E-state index contributed by atoms with van der Waals surface area (Å²) in [5, 5.41) is 2.79. The molecule has 2 amide bonds. The normalized spacial score (nSPS) is 12.0. The predicted molar refractivity (Wildman–Crippen MR) is 146 cm³/mol. The maximum Gasteiger partial charge on any atom is 0.244 e. The van der Waals surface area contributed by atoms with E-state index >= 15 is 0 Å². The molecule has 0 unspecified atom stereocenters. The standard InChI is InChI=1S/C27H29BrFN3O4S/c1-3-30-27(34)25(17-20-9-5-4-6-10-20)31(18-21-13-15-22(29)16-14-21)26(33)19-32(37(2,35)36)24-12-8-7-11-23(24)28/h4-16,25H,3,17-19H2,1-2H3,(H,30,34)/t25-/m0/s1. The summed E-state index contributed by atoms with van der Waals surface area (Å²) >= 11 is 3.36. The maximum atomic E-state index is 13.8. The second-order valence-corrected chi connectivity index (χ2v) is 11.2. The zero-order valence-corrected chi connectivity index (χ0v) is 23.0. The summed E-state index contributed by atoms with van der Waals surface area (Å²) in [7, 11) is -3.86. The largest absolute Gasteiger partial charge is 0.355 e. The molecule has 0 aliphatic carbocycles. The molecule has 0 aromatic heterocycles. The average Bonchev–Trinajstić information content (AvgIpc) is 2.86. The van der Waals surface area contributed by atoms with E-state index < -0.39 is 34.3 Å². The fourth-order valence-corrected chi connectivity index (χ4v) is 5.36. The Hall–Kier alpha value is -3.24. The van der Waals surface area contributed by atoms with E-state index in [1.54, 1.807) is 31.2 Å². The van der Waals surface area contributed by atoms with Crippen molar-refractivity contribution in [2.24, 2.45) is 0 Å². The Kier molecular flexibility index (Phi) is 9.82. The molecule has 0 aliphatic heterocycles. The highest BCUT2D eigenvalue weighted by Gasteiger charge is 2.33. The first-order valence-electron chi connectivity index (χ1n) is 11.7. The van der Waals surface area contributed by atoms with E-state index in [1.807, 2.05) is 30.3 Å². The minimum Gasteiger partial charge on any atom is -0.355 e. The Morgan fingerprint density at radius 1 is 0.946 bits per heavy atom. The van der Waals surface area contributed by atoms with Gasteiger partial charge in [0.25, 0.3) is 0 Å². The van der Waals surface area contributed by atoms with E-state index in [1.165, 1.54) is 29.2 Å². The van der Waals surface area contributed by atoms with Gasteiger partial charge in [0.05, 0.1) is 11.9 Å². The summed E-state index contributed by atoms with van der Waals surface area (Å²) in [6.07, 6.45) is 1.24. The Balaban J connectivity index is 2.04. The van der Waals surface area contributed by atoms with Crippen LogP contribution in [-0.2, 0) is 32.6 Å². The van der Waals surface area contributed by atoms with Gasteiger partial charge in [-0.3, -0.25) is 13.9 Å². The molecule has 0 saturated heterocycles. The fourth-order valence-electron chi connectivity index (χ4n) is 3.88. The number of amides is 2. The van der Waals surface area contributed by atoms with Crippen LogP contribution in [0.5, 0.6) is 0 Å². The number of hydrogen-bond acceptors (Lipinski definition) is 4. The Morgan fingerprint density at radius 2 is 1.57 bits per heavy atom. The van der Waals surface area contributed by atoms with Crippen molar-refractivity contribution in [1.82, 2.24) is 10.2 Å². The minimum absolute atomic E-state index is 0.0126. The van der Waals surface area contributed by atoms with E-state index in [9.17, 15) is 22.4 Å². The van der Waals surface area contributed by atoms with Gasteiger partial charge in [-0.25, -0.2) is 12.8 Å². The van der Waals surface area contributed by atoms with Crippen LogP contribution in [0.3, 0.4) is 0 Å². The van der Waals surface area contributed by atoms with Crippen molar-refractivity contribution >= 4 is 43.5 Å². The van der Waals surface area contributed by atoms with Gasteiger partial charge in [0, 0.05) is 24.0 Å². The van der Waals surface area contributed by atoms with E-state index in [4.69, 9.17) is 0 Å². The van der Waals surface area contributed by atoms with Crippen LogP contribution >= 0.6 is 15.9 Å². The summed E-state index contributed by atoms with van der Waals surface area (Å²) in [5.41, 5.74) is 1.74. The summed E-state index contributed by atoms with van der Waals surface area (Å²) in [4.78, 5) is 28.4. The van der Waals surface area contributed by atoms with E-state index in [-0.39, 0.29) is 18.9 Å². The van der Waals surface area contributed by atoms with Gasteiger partial charge in [-0.1, -0.05) is 54.6 Å². The molecule has 10 heteroatoms. The molecule has 0 heterocycles. The van der Waals surface area contributed by atoms with Crippen molar-refractivity contribution in [3.8, 4) is 0 Å². The third kappa shape index (κ3) is 7.87. The van der Waals surface area contributed by atoms with E-state index in [0.717, 1.165) is 16.1 Å². The number of para-hydroxylation sites is 1. The monoisotopic (exact) mass is 589 g/mol. The molecule has 1 atom stereocenters. The van der Waals surface area contributed by atoms with Crippen molar-refractivity contribution in [2.45, 2.75) is 25.9 Å². The lowest BCUT2D eigenvalue weighted by molar-refractivity contribution is -0.140. The number of halogens is 2. The number of likely N-dealkylation sites (N-methyl/N-ethyl adjacent to an activating group) is 1. The van der Waals surface area contributed by atoms with Crippen molar-refractivity contribution in [1.29, 1.82) is 0 Å². The summed E-state index contributed by atoms with van der Waals surface area (Å²) in [6.45, 7) is 1.60. The van der Waals surface area contributed by atoms with Crippen molar-refractivity contribution < 1.29 is 22.4 Å². The number of sulfonamides is 1. The molecule has 3 aromatic rings. The third-order valence-electron chi connectivity index (χ3n) is 5.69. The number of carbonyl (C=O) groups is 2. The highest BCUT2D eigenvalue weighted by atomic mass is 79.9. The lowest BCUT2D eigenvalue weighted by atomic mass is 10.0. The van der Waals surface area contributed by atoms with Crippen molar-refractivity contribution in [3.05, 3.63) is 100 Å². The van der Waals surface area contributed by atoms with Crippen molar-refractivity contribution in [3.63, 3.8) is 0 Å². The predicted octanol–water partition coefficient (Wildman–Crippen LogP) is 4.13. The van der Waals surface area contributed by atoms with Gasteiger partial charge in [-0.05, 0) is 58.2 Å². The number of anilines is 1. The van der Waals surface area contributed by atoms with Crippen LogP contribution < -0.4 is 9.62 Å². The first kappa shape index (κ1) is 28.3. The highest BCUT2D eigenvalue weighted by Crippen LogP contribution is 2.28. The third-order valence-corrected chi connectivity index (χ3v) is 7.49. The molecule has 196 valence electrons. The van der Waals surface area contributed by atoms with Gasteiger partial charge in [-0.2, -0.15) is 0 Å². The van der Waals surface area contributed by atoms with Gasteiger partial charge in [-0.15, -0.1) is 0 Å². The second-order valence-electron chi connectivity index (χ2n) is 8.47. The van der Waals surface area contributed by atoms with E-state index in [2.05, 4.69) is 21.2 Å². The van der Waals surface area contributed by atoms with Gasteiger partial charge in [0.2, 0.25) is 21.8 Å². The number of carbonyl (C=O) groups excluding carboxylic acids is 2. The Morgan fingerprint density at radius 3 is 2.16 bits per heavy atom. The Labute approximate surface area is 225 Å². The zero-order valence-electron chi connectivity index (χ0n) is 20.6. The topological polar surface area (TPSA) is 86.8 Å². The van der Waals surface area contributed by atoms with Crippen LogP contribution in [0.4, 0.5) is 10.1 Å². The van der Waals surface area contributed by atoms with Gasteiger partial charge >= 0.3 is 0 Å². The van der Waals surface area contributed by atoms with Gasteiger partial charge < -0.3 is 10.2 Å². The van der Waals surface area contributed by atoms with Gasteiger partial charge in [0.15, 0.2) is 0 Å². The summed E-state index contributed by atoms with van der Waals surface area (Å²) in [6, 6.07) is 20.6. The van der Waals surface area contributed by atoms with Crippen LogP contribution in [0, 0.1) is 5.82 Å². The maximum absolute atomic E-state index is 13.8. The lowest BCUT2D eigenvalue weighted by Crippen LogP contribution is -2.53. The molecule has 0 aliphatic rings.